The first kappa shape index (κ1) is 11.3. The van der Waals surface area contributed by atoms with Gasteiger partial charge in [0.1, 0.15) is 0 Å². The zero-order chi connectivity index (χ0) is 12.0. The zero-order valence-electron chi connectivity index (χ0n) is 11.0. The third-order valence-electron chi connectivity index (χ3n) is 4.77. The summed E-state index contributed by atoms with van der Waals surface area (Å²) in [6.45, 7) is 10.3. The summed E-state index contributed by atoms with van der Waals surface area (Å²) in [5.41, 5.74) is 6.39. The van der Waals surface area contributed by atoms with Crippen LogP contribution in [0.2, 0.25) is 0 Å². The number of guanidine groups is 1. The topological polar surface area (TPSA) is 44.9 Å². The number of hydrogen-bond acceptors (Lipinski definition) is 4. The van der Waals surface area contributed by atoms with Gasteiger partial charge in [-0.15, -0.1) is 0 Å². The van der Waals surface area contributed by atoms with E-state index in [1.807, 2.05) is 0 Å². The number of hydrogen-bond donors (Lipinski definition) is 1. The van der Waals surface area contributed by atoms with Crippen molar-refractivity contribution in [2.75, 3.05) is 32.7 Å². The van der Waals surface area contributed by atoms with Crippen LogP contribution >= 0.6 is 0 Å². The van der Waals surface area contributed by atoms with Gasteiger partial charge in [-0.25, -0.2) is 0 Å². The van der Waals surface area contributed by atoms with Gasteiger partial charge in [-0.05, 0) is 31.2 Å². The average Bonchev–Trinajstić information content (AvgIpc) is 2.81. The third-order valence-corrected chi connectivity index (χ3v) is 4.77. The number of nitrogens with two attached hydrogens (primary N) is 1. The van der Waals surface area contributed by atoms with Crippen LogP contribution in [0.4, 0.5) is 0 Å². The van der Waals surface area contributed by atoms with Gasteiger partial charge < -0.3 is 15.5 Å². The van der Waals surface area contributed by atoms with Crippen molar-refractivity contribution in [2.45, 2.75) is 32.2 Å². The van der Waals surface area contributed by atoms with Gasteiger partial charge in [-0.1, -0.05) is 13.8 Å². The first-order valence-corrected chi connectivity index (χ1v) is 6.92. The molecule has 4 heteroatoms. The number of rotatable bonds is 2. The van der Waals surface area contributed by atoms with Gasteiger partial charge in [0.05, 0.1) is 12.1 Å². The summed E-state index contributed by atoms with van der Waals surface area (Å²) in [5.74, 6) is 2.22. The lowest BCUT2D eigenvalue weighted by Gasteiger charge is -2.47. The molecule has 3 heterocycles. The molecule has 2 fully saturated rings. The summed E-state index contributed by atoms with van der Waals surface area (Å²) in [5, 5.41) is 0. The van der Waals surface area contributed by atoms with Crippen molar-refractivity contribution in [3.63, 3.8) is 0 Å². The summed E-state index contributed by atoms with van der Waals surface area (Å²) >= 11 is 0. The molecule has 4 nitrogen and oxygen atoms in total. The highest BCUT2D eigenvalue weighted by molar-refractivity contribution is 5.81. The van der Waals surface area contributed by atoms with E-state index >= 15 is 0 Å². The summed E-state index contributed by atoms with van der Waals surface area (Å²) in [6, 6.07) is 0. The second-order valence-corrected chi connectivity index (χ2v) is 6.32. The standard InChI is InChI=1S/C13H24N4/c1-10(2)7-17-12(14)15-9-13(17)4-6-16-5-3-11(13)8-16/h10-11H,3-9H2,1-2H3,(H2,14,15). The monoisotopic (exact) mass is 236 g/mol. The molecule has 0 aliphatic carbocycles. The molecule has 0 aromatic rings. The molecular formula is C13H24N4. The number of aliphatic imine (C=N–C) groups is 1. The quantitative estimate of drug-likeness (QED) is 0.769. The van der Waals surface area contributed by atoms with Crippen LogP contribution in [0.15, 0.2) is 4.99 Å². The Morgan fingerprint density at radius 3 is 3.06 bits per heavy atom. The molecule has 3 aliphatic rings. The van der Waals surface area contributed by atoms with Crippen LogP contribution in [-0.2, 0) is 0 Å². The molecule has 17 heavy (non-hydrogen) atoms. The van der Waals surface area contributed by atoms with Crippen molar-refractivity contribution in [3.8, 4) is 0 Å². The van der Waals surface area contributed by atoms with E-state index in [1.54, 1.807) is 0 Å². The predicted octanol–water partition coefficient (Wildman–Crippen LogP) is 0.737. The molecular weight excluding hydrogens is 212 g/mol. The minimum atomic E-state index is 0.265. The lowest BCUT2D eigenvalue weighted by atomic mass is 9.77. The highest BCUT2D eigenvalue weighted by atomic mass is 15.4. The molecule has 1 spiro atoms. The van der Waals surface area contributed by atoms with E-state index in [-0.39, 0.29) is 5.54 Å². The highest BCUT2D eigenvalue weighted by Crippen LogP contribution is 2.42. The molecule has 0 amide bonds. The molecule has 0 radical (unpaired) electrons. The van der Waals surface area contributed by atoms with Gasteiger partial charge in [0, 0.05) is 19.6 Å². The second kappa shape index (κ2) is 3.87. The van der Waals surface area contributed by atoms with Crippen LogP contribution in [0.3, 0.4) is 0 Å². The van der Waals surface area contributed by atoms with Crippen LogP contribution in [0, 0.1) is 11.8 Å². The summed E-state index contributed by atoms with van der Waals surface area (Å²) in [4.78, 5) is 9.60. The smallest absolute Gasteiger partial charge is 0.191 e. The number of fused-ring (bicyclic) bond motifs is 3. The van der Waals surface area contributed by atoms with Gasteiger partial charge in [0.25, 0.3) is 0 Å². The van der Waals surface area contributed by atoms with Gasteiger partial charge in [0.15, 0.2) is 5.96 Å². The fourth-order valence-electron chi connectivity index (χ4n) is 3.85. The minimum absolute atomic E-state index is 0.265. The molecule has 0 aromatic heterocycles. The lowest BCUT2D eigenvalue weighted by molar-refractivity contribution is 0.0642. The van der Waals surface area contributed by atoms with Crippen molar-refractivity contribution in [1.29, 1.82) is 0 Å². The SMILES string of the molecule is CC(C)CN1C(N)=NCC12CCN1CCC2C1. The van der Waals surface area contributed by atoms with Gasteiger partial charge in [-0.3, -0.25) is 4.99 Å². The van der Waals surface area contributed by atoms with Crippen LogP contribution in [0.25, 0.3) is 0 Å². The Balaban J connectivity index is 1.85. The van der Waals surface area contributed by atoms with Crippen LogP contribution < -0.4 is 5.73 Å². The van der Waals surface area contributed by atoms with Crippen LogP contribution in [0.1, 0.15) is 26.7 Å². The molecule has 3 unspecified atom stereocenters. The van der Waals surface area contributed by atoms with E-state index in [9.17, 15) is 0 Å². The molecule has 2 saturated heterocycles. The van der Waals surface area contributed by atoms with Crippen molar-refractivity contribution in [1.82, 2.24) is 9.80 Å². The Labute approximate surface area is 104 Å². The number of nitrogens with zero attached hydrogens (tertiary/aromatic N) is 3. The molecule has 3 atom stereocenters. The second-order valence-electron chi connectivity index (χ2n) is 6.32. The van der Waals surface area contributed by atoms with Crippen molar-refractivity contribution in [2.24, 2.45) is 22.6 Å². The fraction of sp³-hybridized carbons (Fsp3) is 0.923. The van der Waals surface area contributed by atoms with Crippen molar-refractivity contribution in [3.05, 3.63) is 0 Å². The Hall–Kier alpha value is -0.770. The Kier molecular flexibility index (Phi) is 2.58. The van der Waals surface area contributed by atoms with Gasteiger partial charge >= 0.3 is 0 Å². The van der Waals surface area contributed by atoms with E-state index in [2.05, 4.69) is 28.6 Å². The van der Waals surface area contributed by atoms with E-state index < -0.39 is 0 Å². The summed E-state index contributed by atoms with van der Waals surface area (Å²) in [7, 11) is 0. The van der Waals surface area contributed by atoms with Crippen LogP contribution in [0.5, 0.6) is 0 Å². The summed E-state index contributed by atoms with van der Waals surface area (Å²) < 4.78 is 0. The maximum Gasteiger partial charge on any atom is 0.191 e. The van der Waals surface area contributed by atoms with Crippen LogP contribution in [-0.4, -0.2) is 54.0 Å². The molecule has 2 N–H and O–H groups in total. The molecule has 3 rings (SSSR count). The fourth-order valence-corrected chi connectivity index (χ4v) is 3.85. The zero-order valence-corrected chi connectivity index (χ0v) is 11.0. The Morgan fingerprint density at radius 2 is 2.29 bits per heavy atom. The average molecular weight is 236 g/mol. The number of piperidine rings is 1. The normalized spacial score (nSPS) is 40.4. The molecule has 3 aliphatic heterocycles. The third kappa shape index (κ3) is 1.65. The minimum Gasteiger partial charge on any atom is -0.370 e. The summed E-state index contributed by atoms with van der Waals surface area (Å²) in [6.07, 6.45) is 2.58. The molecule has 0 aromatic carbocycles. The molecule has 96 valence electrons. The Bertz CT molecular complexity index is 338. The highest BCUT2D eigenvalue weighted by Gasteiger charge is 2.52. The van der Waals surface area contributed by atoms with E-state index in [0.29, 0.717) is 5.92 Å². The largest absolute Gasteiger partial charge is 0.370 e. The maximum atomic E-state index is 6.13. The maximum absolute atomic E-state index is 6.13. The van der Waals surface area contributed by atoms with Crippen molar-refractivity contribution >= 4 is 5.96 Å². The van der Waals surface area contributed by atoms with E-state index in [0.717, 1.165) is 25.0 Å². The lowest BCUT2D eigenvalue weighted by Crippen LogP contribution is -2.60. The first-order valence-electron chi connectivity index (χ1n) is 6.92. The van der Waals surface area contributed by atoms with E-state index in [4.69, 9.17) is 5.73 Å². The van der Waals surface area contributed by atoms with Gasteiger partial charge in [0.2, 0.25) is 0 Å². The first-order chi connectivity index (χ1) is 8.12. The van der Waals surface area contributed by atoms with Crippen molar-refractivity contribution < 1.29 is 0 Å². The Morgan fingerprint density at radius 1 is 1.47 bits per heavy atom. The van der Waals surface area contributed by atoms with Gasteiger partial charge in [-0.2, -0.15) is 0 Å². The van der Waals surface area contributed by atoms with E-state index in [1.165, 1.54) is 32.5 Å². The molecule has 0 saturated carbocycles. The molecule has 2 bridgehead atoms. The predicted molar refractivity (Wildman–Crippen MR) is 69.9 cm³/mol.